The van der Waals surface area contributed by atoms with Gasteiger partial charge in [-0.3, -0.25) is 4.79 Å². The Bertz CT molecular complexity index is 1150. The van der Waals surface area contributed by atoms with E-state index < -0.39 is 0 Å². The predicted molar refractivity (Wildman–Crippen MR) is 119 cm³/mol. The molecule has 1 amide bonds. The lowest BCUT2D eigenvalue weighted by Crippen LogP contribution is -2.31. The van der Waals surface area contributed by atoms with Crippen molar-refractivity contribution in [3.63, 3.8) is 0 Å². The average Bonchev–Trinajstić information content (AvgIpc) is 3.44. The van der Waals surface area contributed by atoms with Gasteiger partial charge in [0.1, 0.15) is 11.6 Å². The van der Waals surface area contributed by atoms with E-state index in [0.29, 0.717) is 4.88 Å². The zero-order chi connectivity index (χ0) is 21.4. The lowest BCUT2D eigenvalue weighted by atomic mass is 9.77. The molecular formula is C25H20F2N2OS. The van der Waals surface area contributed by atoms with Crippen LogP contribution >= 0.6 is 11.3 Å². The fourth-order valence-electron chi connectivity index (χ4n) is 4.43. The molecule has 1 saturated carbocycles. The largest absolute Gasteiger partial charge is 0.284 e. The molecule has 0 saturated heterocycles. The van der Waals surface area contributed by atoms with Crippen LogP contribution in [-0.2, 0) is 0 Å². The number of fused-ring (bicyclic) bond motifs is 1. The van der Waals surface area contributed by atoms with Crippen LogP contribution in [0.2, 0.25) is 0 Å². The summed E-state index contributed by atoms with van der Waals surface area (Å²) in [5.41, 5.74) is 3.74. The van der Waals surface area contributed by atoms with E-state index in [1.54, 1.807) is 35.3 Å². The molecule has 2 aromatic carbocycles. The van der Waals surface area contributed by atoms with E-state index in [0.717, 1.165) is 41.7 Å². The Morgan fingerprint density at radius 3 is 2.42 bits per heavy atom. The minimum absolute atomic E-state index is 0.0369. The SMILES string of the molecule is O=C(c1cccs1)N1N=C2/C(=C/c3ccc(F)cc3)CCC[C@H]2[C@@H]1c1ccc(F)cc1. The average molecular weight is 435 g/mol. The van der Waals surface area contributed by atoms with Gasteiger partial charge in [-0.25, -0.2) is 13.8 Å². The van der Waals surface area contributed by atoms with Crippen molar-refractivity contribution in [1.82, 2.24) is 5.01 Å². The molecule has 2 atom stereocenters. The highest BCUT2D eigenvalue weighted by Crippen LogP contribution is 2.45. The van der Waals surface area contributed by atoms with Crippen LogP contribution in [0.4, 0.5) is 8.78 Å². The summed E-state index contributed by atoms with van der Waals surface area (Å²) in [6.45, 7) is 0. The van der Waals surface area contributed by atoms with Gasteiger partial charge < -0.3 is 0 Å². The van der Waals surface area contributed by atoms with Crippen molar-refractivity contribution < 1.29 is 13.6 Å². The number of nitrogens with zero attached hydrogens (tertiary/aromatic N) is 2. The molecule has 0 radical (unpaired) electrons. The van der Waals surface area contributed by atoms with Gasteiger partial charge in [0.2, 0.25) is 0 Å². The molecule has 1 aliphatic carbocycles. The van der Waals surface area contributed by atoms with Crippen LogP contribution in [0.25, 0.3) is 6.08 Å². The maximum Gasteiger partial charge on any atom is 0.284 e. The normalized spacial score (nSPS) is 21.8. The van der Waals surface area contributed by atoms with Gasteiger partial charge in [0, 0.05) is 5.92 Å². The first-order valence-corrected chi connectivity index (χ1v) is 11.2. The Balaban J connectivity index is 1.57. The number of benzene rings is 2. The Morgan fingerprint density at radius 2 is 1.74 bits per heavy atom. The molecule has 0 unspecified atom stereocenters. The van der Waals surface area contributed by atoms with Crippen molar-refractivity contribution in [1.29, 1.82) is 0 Å². The van der Waals surface area contributed by atoms with Gasteiger partial charge in [0.15, 0.2) is 0 Å². The maximum atomic E-state index is 13.6. The first-order valence-electron chi connectivity index (χ1n) is 10.3. The number of hydrazone groups is 1. The van der Waals surface area contributed by atoms with Crippen molar-refractivity contribution in [3.05, 3.63) is 99.3 Å². The highest BCUT2D eigenvalue weighted by atomic mass is 32.1. The van der Waals surface area contributed by atoms with Crippen LogP contribution in [0.3, 0.4) is 0 Å². The van der Waals surface area contributed by atoms with Crippen LogP contribution in [0.5, 0.6) is 0 Å². The number of carbonyl (C=O) groups excluding carboxylic acids is 1. The smallest absolute Gasteiger partial charge is 0.266 e. The molecule has 31 heavy (non-hydrogen) atoms. The van der Waals surface area contributed by atoms with E-state index in [1.165, 1.54) is 35.6 Å². The van der Waals surface area contributed by atoms with Crippen LogP contribution in [0, 0.1) is 17.6 Å². The number of rotatable bonds is 3. The Morgan fingerprint density at radius 1 is 1.03 bits per heavy atom. The van der Waals surface area contributed by atoms with Gasteiger partial charge >= 0.3 is 0 Å². The predicted octanol–water partition coefficient (Wildman–Crippen LogP) is 6.46. The molecule has 2 heterocycles. The lowest BCUT2D eigenvalue weighted by molar-refractivity contribution is 0.0686. The fourth-order valence-corrected chi connectivity index (χ4v) is 5.09. The van der Waals surface area contributed by atoms with Crippen molar-refractivity contribution in [2.24, 2.45) is 11.0 Å². The highest BCUT2D eigenvalue weighted by Gasteiger charge is 2.44. The second-order valence-electron chi connectivity index (χ2n) is 7.83. The van der Waals surface area contributed by atoms with E-state index in [-0.39, 0.29) is 29.5 Å². The molecule has 3 nitrogen and oxygen atoms in total. The first kappa shape index (κ1) is 19.8. The summed E-state index contributed by atoms with van der Waals surface area (Å²) in [5.74, 6) is -0.687. The summed E-state index contributed by atoms with van der Waals surface area (Å²) < 4.78 is 26.9. The number of hydrogen-bond donors (Lipinski definition) is 0. The van der Waals surface area contributed by atoms with Gasteiger partial charge in [-0.05, 0) is 77.8 Å². The number of hydrogen-bond acceptors (Lipinski definition) is 3. The van der Waals surface area contributed by atoms with Crippen LogP contribution in [0.15, 0.2) is 76.7 Å². The van der Waals surface area contributed by atoms with Crippen LogP contribution < -0.4 is 0 Å². The Hall–Kier alpha value is -3.12. The Kier molecular flexibility index (Phi) is 5.24. The maximum absolute atomic E-state index is 13.6. The molecule has 6 heteroatoms. The summed E-state index contributed by atoms with van der Waals surface area (Å²) in [7, 11) is 0. The molecule has 1 aromatic heterocycles. The molecule has 5 rings (SSSR count). The third-order valence-electron chi connectivity index (χ3n) is 5.86. The van der Waals surface area contributed by atoms with Crippen molar-refractivity contribution in [2.45, 2.75) is 25.3 Å². The van der Waals surface area contributed by atoms with Gasteiger partial charge in [0.25, 0.3) is 5.91 Å². The molecule has 1 fully saturated rings. The third kappa shape index (κ3) is 3.83. The molecular weight excluding hydrogens is 414 g/mol. The van der Waals surface area contributed by atoms with E-state index in [4.69, 9.17) is 5.10 Å². The van der Waals surface area contributed by atoms with Crippen LogP contribution in [-0.4, -0.2) is 16.6 Å². The molecule has 2 aliphatic rings. The molecule has 0 bridgehead atoms. The molecule has 1 aliphatic heterocycles. The fraction of sp³-hybridized carbons (Fsp3) is 0.200. The van der Waals surface area contributed by atoms with E-state index in [9.17, 15) is 13.6 Å². The quantitative estimate of drug-likeness (QED) is 0.465. The van der Waals surface area contributed by atoms with Crippen molar-refractivity contribution >= 4 is 29.0 Å². The number of halogens is 2. The molecule has 0 spiro atoms. The third-order valence-corrected chi connectivity index (χ3v) is 6.72. The van der Waals surface area contributed by atoms with E-state index in [2.05, 4.69) is 0 Å². The van der Waals surface area contributed by atoms with Gasteiger partial charge in [-0.15, -0.1) is 11.3 Å². The molecule has 3 aromatic rings. The Labute approximate surface area is 183 Å². The van der Waals surface area contributed by atoms with Crippen molar-refractivity contribution in [3.8, 4) is 0 Å². The first-order chi connectivity index (χ1) is 15.1. The minimum Gasteiger partial charge on any atom is -0.266 e. The number of thiophene rings is 1. The summed E-state index contributed by atoms with van der Waals surface area (Å²) >= 11 is 1.38. The topological polar surface area (TPSA) is 32.7 Å². The second-order valence-corrected chi connectivity index (χ2v) is 8.78. The van der Waals surface area contributed by atoms with E-state index >= 15 is 0 Å². The number of allylic oxidation sites excluding steroid dienone is 1. The standard InChI is InChI=1S/C25H20F2N2OS/c26-19-10-6-16(7-11-19)15-18-3-1-4-21-23(18)28-29(25(30)22-5-2-14-31-22)24(21)17-8-12-20(27)13-9-17/h2,5-15,21,24H,1,3-4H2/b18-15+/t21-,24+/m1/s1. The van der Waals surface area contributed by atoms with Gasteiger partial charge in [0.05, 0.1) is 16.6 Å². The summed E-state index contributed by atoms with van der Waals surface area (Å²) in [6, 6.07) is 16.1. The number of amides is 1. The van der Waals surface area contributed by atoms with Gasteiger partial charge in [-0.1, -0.05) is 30.3 Å². The second kappa shape index (κ2) is 8.19. The monoisotopic (exact) mass is 434 g/mol. The van der Waals surface area contributed by atoms with E-state index in [1.807, 2.05) is 17.5 Å². The summed E-state index contributed by atoms with van der Waals surface area (Å²) in [4.78, 5) is 13.9. The summed E-state index contributed by atoms with van der Waals surface area (Å²) in [5, 5.41) is 8.26. The molecule has 0 N–H and O–H groups in total. The zero-order valence-corrected chi connectivity index (χ0v) is 17.5. The zero-order valence-electron chi connectivity index (χ0n) is 16.7. The number of carbonyl (C=O) groups is 1. The lowest BCUT2D eigenvalue weighted by Gasteiger charge is -2.29. The molecule has 156 valence electrons. The van der Waals surface area contributed by atoms with Crippen LogP contribution in [0.1, 0.15) is 46.1 Å². The minimum atomic E-state index is -0.306. The van der Waals surface area contributed by atoms with Gasteiger partial charge in [-0.2, -0.15) is 5.10 Å². The van der Waals surface area contributed by atoms with Crippen molar-refractivity contribution in [2.75, 3.05) is 0 Å². The highest BCUT2D eigenvalue weighted by molar-refractivity contribution is 7.12. The summed E-state index contributed by atoms with van der Waals surface area (Å²) in [6.07, 6.45) is 4.75.